The number of nitrogens with zero attached hydrogens (tertiary/aromatic N) is 3. The molecule has 8 rings (SSSR count). The predicted octanol–water partition coefficient (Wildman–Crippen LogP) is 9.28. The van der Waals surface area contributed by atoms with Crippen LogP contribution >= 0.6 is 0 Å². The Morgan fingerprint density at radius 2 is 0.932 bits per heavy atom. The Bertz CT molecular complexity index is 2240. The zero-order chi connectivity index (χ0) is 29.8. The van der Waals surface area contributed by atoms with E-state index in [1.165, 1.54) is 12.1 Å². The number of hydrogen-bond acceptors (Lipinski definition) is 4. The van der Waals surface area contributed by atoms with E-state index in [0.29, 0.717) is 22.4 Å². The highest BCUT2D eigenvalue weighted by Crippen LogP contribution is 2.55. The van der Waals surface area contributed by atoms with Gasteiger partial charge in [0.1, 0.15) is 5.82 Å². The summed E-state index contributed by atoms with van der Waals surface area (Å²) < 4.78 is 1.55. The lowest BCUT2D eigenvalue weighted by Gasteiger charge is -2.24. The molecule has 0 fully saturated rings. The maximum absolute atomic E-state index is 14.8. The van der Waals surface area contributed by atoms with Crippen molar-refractivity contribution in [2.75, 3.05) is 0 Å². The first-order valence-corrected chi connectivity index (χ1v) is 14.3. The Kier molecular flexibility index (Phi) is 5.81. The van der Waals surface area contributed by atoms with E-state index in [0.717, 1.165) is 50.1 Å². The monoisotopic (exact) mass is 569 g/mol. The molecule has 0 amide bonds. The molecule has 1 aliphatic heterocycles. The zero-order valence-electron chi connectivity index (χ0n) is 23.3. The average molecular weight is 570 g/mol. The molecule has 0 N–H and O–H groups in total. The summed E-state index contributed by atoms with van der Waals surface area (Å²) in [6, 6.07) is 44.9. The number of carbonyl (C=O) groups is 1. The zero-order valence-corrected chi connectivity index (χ0v) is 23.3. The van der Waals surface area contributed by atoms with E-state index < -0.39 is 4.92 Å². The quantitative estimate of drug-likeness (QED) is 0.153. The van der Waals surface area contributed by atoms with Gasteiger partial charge in [0, 0.05) is 28.8 Å². The van der Waals surface area contributed by atoms with Crippen molar-refractivity contribution in [3.63, 3.8) is 0 Å². The second-order valence-electron chi connectivity index (χ2n) is 10.7. The van der Waals surface area contributed by atoms with Crippen LogP contribution in [-0.2, 0) is 0 Å². The molecule has 0 bridgehead atoms. The molecule has 0 saturated carbocycles. The normalized spacial score (nSPS) is 11.9. The molecule has 44 heavy (non-hydrogen) atoms. The van der Waals surface area contributed by atoms with Gasteiger partial charge >= 0.3 is 0 Å². The fourth-order valence-electron chi connectivity index (χ4n) is 6.42. The number of nitro groups is 1. The van der Waals surface area contributed by atoms with Crippen LogP contribution in [0.25, 0.3) is 66.9 Å². The molecular formula is C38H23N3O3. The van der Waals surface area contributed by atoms with Gasteiger partial charge in [0.15, 0.2) is 0 Å². The standard InChI is InChI=1S/C38H23N3O3/c42-38-36-34(27-19-11-4-12-20-27)32(25-15-7-2-8-16-25)31(24-13-5-1-6-14-24)33(26-17-9-3-10-18-26)35(36)37-39-29-22-21-28(41(43)44)23-30(29)40(37)38/h1-23H. The van der Waals surface area contributed by atoms with Crippen molar-refractivity contribution in [1.29, 1.82) is 0 Å². The first kappa shape index (κ1) is 25.6. The topological polar surface area (TPSA) is 78.0 Å². The maximum atomic E-state index is 14.8. The van der Waals surface area contributed by atoms with Gasteiger partial charge in [0.2, 0.25) is 0 Å². The van der Waals surface area contributed by atoms with Gasteiger partial charge in [0.25, 0.3) is 11.6 Å². The largest absolute Gasteiger partial charge is 0.271 e. The van der Waals surface area contributed by atoms with Crippen LogP contribution in [0.1, 0.15) is 10.4 Å². The molecule has 0 radical (unpaired) electrons. The van der Waals surface area contributed by atoms with Crippen molar-refractivity contribution in [1.82, 2.24) is 9.55 Å². The summed E-state index contributed by atoms with van der Waals surface area (Å²) >= 11 is 0. The van der Waals surface area contributed by atoms with Crippen LogP contribution in [-0.4, -0.2) is 20.4 Å². The van der Waals surface area contributed by atoms with E-state index in [9.17, 15) is 14.9 Å². The van der Waals surface area contributed by atoms with Crippen molar-refractivity contribution < 1.29 is 9.72 Å². The van der Waals surface area contributed by atoms with E-state index in [4.69, 9.17) is 4.98 Å². The molecule has 0 saturated heterocycles. The average Bonchev–Trinajstić information content (AvgIpc) is 3.59. The lowest BCUT2D eigenvalue weighted by Crippen LogP contribution is -2.09. The van der Waals surface area contributed by atoms with Gasteiger partial charge < -0.3 is 0 Å². The van der Waals surface area contributed by atoms with Crippen LogP contribution in [0.5, 0.6) is 0 Å². The second-order valence-corrected chi connectivity index (χ2v) is 10.7. The molecule has 7 aromatic rings. The molecular weight excluding hydrogens is 546 g/mol. The molecule has 6 heteroatoms. The Labute approximate surface area is 252 Å². The SMILES string of the molecule is O=C1c2c(-c3ccccc3)c(-c3ccccc3)c(-c3ccccc3)c(-c3ccccc3)c2-c2nc3ccc([N+](=O)[O-])cc3n21. The third kappa shape index (κ3) is 3.82. The van der Waals surface area contributed by atoms with Crippen LogP contribution in [0, 0.1) is 10.1 Å². The lowest BCUT2D eigenvalue weighted by molar-refractivity contribution is -0.384. The van der Waals surface area contributed by atoms with Crippen LogP contribution in [0.3, 0.4) is 0 Å². The summed E-state index contributed by atoms with van der Waals surface area (Å²) in [4.78, 5) is 31.1. The Hall–Kier alpha value is -6.14. The van der Waals surface area contributed by atoms with Gasteiger partial charge in [-0.05, 0) is 39.4 Å². The first-order valence-electron chi connectivity index (χ1n) is 14.3. The molecule has 6 nitrogen and oxygen atoms in total. The number of nitro benzene ring substituents is 1. The minimum Gasteiger partial charge on any atom is -0.268 e. The van der Waals surface area contributed by atoms with Gasteiger partial charge in [-0.1, -0.05) is 121 Å². The smallest absolute Gasteiger partial charge is 0.268 e. The highest BCUT2D eigenvalue weighted by molar-refractivity contribution is 6.24. The summed E-state index contributed by atoms with van der Waals surface area (Å²) in [6.07, 6.45) is 0. The highest BCUT2D eigenvalue weighted by Gasteiger charge is 2.39. The summed E-state index contributed by atoms with van der Waals surface area (Å²) in [5, 5.41) is 11.7. The fourth-order valence-corrected chi connectivity index (χ4v) is 6.42. The van der Waals surface area contributed by atoms with E-state index in [-0.39, 0.29) is 11.6 Å². The molecule has 2 heterocycles. The number of fused-ring (bicyclic) bond motifs is 5. The van der Waals surface area contributed by atoms with E-state index in [1.54, 1.807) is 10.6 Å². The first-order chi connectivity index (χ1) is 21.6. The van der Waals surface area contributed by atoms with Crippen LogP contribution in [0.2, 0.25) is 0 Å². The maximum Gasteiger partial charge on any atom is 0.271 e. The molecule has 1 aromatic heterocycles. The number of imidazole rings is 1. The third-order valence-corrected chi connectivity index (χ3v) is 8.24. The van der Waals surface area contributed by atoms with Crippen molar-refractivity contribution in [2.24, 2.45) is 0 Å². The predicted molar refractivity (Wildman–Crippen MR) is 173 cm³/mol. The van der Waals surface area contributed by atoms with Gasteiger partial charge in [-0.3, -0.25) is 19.5 Å². The number of carbonyl (C=O) groups excluding carboxylic acids is 1. The molecule has 6 aromatic carbocycles. The molecule has 208 valence electrons. The summed E-state index contributed by atoms with van der Waals surface area (Å²) in [5.74, 6) is 0.221. The Balaban J connectivity index is 1.63. The van der Waals surface area contributed by atoms with Crippen molar-refractivity contribution in [3.05, 3.63) is 155 Å². The van der Waals surface area contributed by atoms with Crippen molar-refractivity contribution in [2.45, 2.75) is 0 Å². The minimum absolute atomic E-state index is 0.0922. The van der Waals surface area contributed by atoms with Gasteiger partial charge in [-0.15, -0.1) is 0 Å². The molecule has 1 aliphatic rings. The van der Waals surface area contributed by atoms with E-state index in [1.807, 2.05) is 84.9 Å². The summed E-state index contributed by atoms with van der Waals surface area (Å²) in [7, 11) is 0. The van der Waals surface area contributed by atoms with Crippen LogP contribution < -0.4 is 0 Å². The summed E-state index contributed by atoms with van der Waals surface area (Å²) in [5.41, 5.74) is 9.54. The van der Waals surface area contributed by atoms with Crippen molar-refractivity contribution in [3.8, 4) is 55.9 Å². The minimum atomic E-state index is -0.447. The highest BCUT2D eigenvalue weighted by atomic mass is 16.6. The van der Waals surface area contributed by atoms with Crippen molar-refractivity contribution >= 4 is 22.6 Å². The molecule has 0 unspecified atom stereocenters. The second kappa shape index (κ2) is 10.00. The van der Waals surface area contributed by atoms with E-state index in [2.05, 4.69) is 36.4 Å². The number of benzene rings is 6. The fraction of sp³-hybridized carbons (Fsp3) is 0. The Morgan fingerprint density at radius 1 is 0.523 bits per heavy atom. The van der Waals surface area contributed by atoms with Gasteiger partial charge in [0.05, 0.1) is 21.5 Å². The van der Waals surface area contributed by atoms with E-state index >= 15 is 0 Å². The Morgan fingerprint density at radius 3 is 1.36 bits per heavy atom. The van der Waals surface area contributed by atoms with Gasteiger partial charge in [-0.2, -0.15) is 0 Å². The summed E-state index contributed by atoms with van der Waals surface area (Å²) in [6.45, 7) is 0. The molecule has 0 atom stereocenters. The number of rotatable bonds is 5. The molecule has 0 aliphatic carbocycles. The third-order valence-electron chi connectivity index (χ3n) is 8.24. The van der Waals surface area contributed by atoms with Crippen LogP contribution in [0.4, 0.5) is 5.69 Å². The van der Waals surface area contributed by atoms with Crippen LogP contribution in [0.15, 0.2) is 140 Å². The number of non-ortho nitro benzene ring substituents is 1. The lowest BCUT2D eigenvalue weighted by atomic mass is 9.77. The van der Waals surface area contributed by atoms with Gasteiger partial charge in [-0.25, -0.2) is 4.98 Å². The number of hydrogen-bond donors (Lipinski definition) is 0. The number of aromatic nitrogens is 2. The molecule has 0 spiro atoms.